The standard InChI is InChI=1S/C72H54N2/c1-71(2)63-29-14-11-24-58(63)60-43-41-53(45-65(60)71)73(54-42-44-61-59-25-12-15-30-64(59)72(3,4)66(61)46-54)52-39-37-48(38-40-52)47-33-35-51(36-34-47)55-23-13-16-31-67(55)74-68-32-18-26-56(49-19-7-5-8-20-49)69(68)62-28-17-27-57(70(62)74)50-21-9-6-10-22-50/h5-46H,1-4H3. The first kappa shape index (κ1) is 43.8. The maximum absolute atomic E-state index is 2.51. The second kappa shape index (κ2) is 16.8. The number of aromatic nitrogens is 1. The first-order valence-electron chi connectivity index (χ1n) is 26.0. The number of fused-ring (bicyclic) bond motifs is 9. The van der Waals surface area contributed by atoms with E-state index in [4.69, 9.17) is 0 Å². The Morgan fingerprint density at radius 1 is 0.297 bits per heavy atom. The monoisotopic (exact) mass is 946 g/mol. The summed E-state index contributed by atoms with van der Waals surface area (Å²) in [5.74, 6) is 0. The highest BCUT2D eigenvalue weighted by molar-refractivity contribution is 6.19. The van der Waals surface area contributed by atoms with Crippen LogP contribution in [-0.2, 0) is 10.8 Å². The summed E-state index contributed by atoms with van der Waals surface area (Å²) in [6, 6.07) is 94.5. The van der Waals surface area contributed by atoms with E-state index in [1.54, 1.807) is 0 Å². The lowest BCUT2D eigenvalue weighted by atomic mass is 9.82. The van der Waals surface area contributed by atoms with Crippen molar-refractivity contribution in [1.29, 1.82) is 0 Å². The predicted molar refractivity (Wildman–Crippen MR) is 312 cm³/mol. The highest BCUT2D eigenvalue weighted by Gasteiger charge is 2.38. The molecule has 0 atom stereocenters. The molecule has 74 heavy (non-hydrogen) atoms. The van der Waals surface area contributed by atoms with Crippen molar-refractivity contribution >= 4 is 38.9 Å². The number of benzene rings is 11. The number of nitrogens with zero attached hydrogens (tertiary/aromatic N) is 2. The zero-order valence-electron chi connectivity index (χ0n) is 42.1. The molecule has 2 heteroatoms. The van der Waals surface area contributed by atoms with Gasteiger partial charge in [-0.25, -0.2) is 0 Å². The van der Waals surface area contributed by atoms with E-state index in [2.05, 4.69) is 292 Å². The summed E-state index contributed by atoms with van der Waals surface area (Å²) < 4.78 is 2.51. The van der Waals surface area contributed by atoms with Gasteiger partial charge in [0.1, 0.15) is 0 Å². The molecule has 0 saturated heterocycles. The van der Waals surface area contributed by atoms with Gasteiger partial charge >= 0.3 is 0 Å². The van der Waals surface area contributed by atoms with Gasteiger partial charge in [-0.3, -0.25) is 0 Å². The molecule has 0 spiro atoms. The second-order valence-corrected chi connectivity index (χ2v) is 21.2. The first-order valence-corrected chi connectivity index (χ1v) is 26.0. The van der Waals surface area contributed by atoms with Crippen LogP contribution in [0, 0.1) is 0 Å². The summed E-state index contributed by atoms with van der Waals surface area (Å²) in [7, 11) is 0. The van der Waals surface area contributed by atoms with Gasteiger partial charge in [0.2, 0.25) is 0 Å². The van der Waals surface area contributed by atoms with Gasteiger partial charge in [-0.05, 0) is 126 Å². The third kappa shape index (κ3) is 6.71. The average molecular weight is 947 g/mol. The Kier molecular flexibility index (Phi) is 9.94. The van der Waals surface area contributed by atoms with Gasteiger partial charge in [-0.2, -0.15) is 0 Å². The van der Waals surface area contributed by atoms with Gasteiger partial charge in [-0.1, -0.05) is 234 Å². The van der Waals surface area contributed by atoms with E-state index in [9.17, 15) is 0 Å². The maximum atomic E-state index is 2.51. The third-order valence-electron chi connectivity index (χ3n) is 16.4. The van der Waals surface area contributed by atoms with E-state index in [-0.39, 0.29) is 10.8 Å². The first-order chi connectivity index (χ1) is 36.2. The Morgan fingerprint density at radius 2 is 0.716 bits per heavy atom. The average Bonchev–Trinajstić information content (AvgIpc) is 4.00. The number of hydrogen-bond acceptors (Lipinski definition) is 1. The summed E-state index contributed by atoms with van der Waals surface area (Å²) in [4.78, 5) is 2.46. The summed E-state index contributed by atoms with van der Waals surface area (Å²) in [6.07, 6.45) is 0. The lowest BCUT2D eigenvalue weighted by Crippen LogP contribution is -2.18. The van der Waals surface area contributed by atoms with Crippen LogP contribution in [0.25, 0.3) is 94.3 Å². The molecule has 0 unspecified atom stereocenters. The van der Waals surface area contributed by atoms with Gasteiger partial charge in [0, 0.05) is 49.8 Å². The van der Waals surface area contributed by atoms with Crippen LogP contribution >= 0.6 is 0 Å². The molecule has 0 saturated carbocycles. The van der Waals surface area contributed by atoms with Crippen LogP contribution < -0.4 is 4.90 Å². The molecule has 0 fully saturated rings. The summed E-state index contributed by atoms with van der Waals surface area (Å²) in [5, 5.41) is 2.50. The van der Waals surface area contributed by atoms with Crippen LogP contribution in [0.4, 0.5) is 17.1 Å². The molecule has 0 amide bonds. The van der Waals surface area contributed by atoms with Crippen molar-refractivity contribution in [2.45, 2.75) is 38.5 Å². The maximum Gasteiger partial charge on any atom is 0.0619 e. The quantitative estimate of drug-likeness (QED) is 0.147. The molecule has 2 nitrogen and oxygen atoms in total. The summed E-state index contributed by atoms with van der Waals surface area (Å²) in [5.41, 5.74) is 27.1. The molecule has 0 bridgehead atoms. The molecule has 1 aromatic heterocycles. The Hall–Kier alpha value is -8.98. The van der Waals surface area contributed by atoms with Crippen molar-refractivity contribution in [1.82, 2.24) is 4.57 Å². The van der Waals surface area contributed by atoms with E-state index in [1.807, 2.05) is 0 Å². The molecular weight excluding hydrogens is 893 g/mol. The lowest BCUT2D eigenvalue weighted by molar-refractivity contribution is 0.660. The number of anilines is 3. The summed E-state index contributed by atoms with van der Waals surface area (Å²) >= 11 is 0. The fourth-order valence-corrected chi connectivity index (χ4v) is 12.7. The fraction of sp³-hybridized carbons (Fsp3) is 0.0833. The van der Waals surface area contributed by atoms with E-state index < -0.39 is 0 Å². The molecule has 0 aliphatic heterocycles. The van der Waals surface area contributed by atoms with Crippen molar-refractivity contribution in [3.63, 3.8) is 0 Å². The molecular formula is C72H54N2. The van der Waals surface area contributed by atoms with Gasteiger partial charge < -0.3 is 9.47 Å². The van der Waals surface area contributed by atoms with E-state index in [0.717, 1.165) is 22.7 Å². The number of hydrogen-bond donors (Lipinski definition) is 0. The normalized spacial score (nSPS) is 13.6. The second-order valence-electron chi connectivity index (χ2n) is 21.2. The summed E-state index contributed by atoms with van der Waals surface area (Å²) in [6.45, 7) is 9.47. The molecule has 14 rings (SSSR count). The fourth-order valence-electron chi connectivity index (χ4n) is 12.7. The van der Waals surface area contributed by atoms with E-state index in [1.165, 1.54) is 111 Å². The van der Waals surface area contributed by atoms with Crippen molar-refractivity contribution < 1.29 is 0 Å². The van der Waals surface area contributed by atoms with Crippen LogP contribution in [-0.4, -0.2) is 4.57 Å². The van der Waals surface area contributed by atoms with Crippen molar-refractivity contribution in [2.24, 2.45) is 0 Å². The number of para-hydroxylation sites is 2. The molecule has 0 radical (unpaired) electrons. The lowest BCUT2D eigenvalue weighted by Gasteiger charge is -2.30. The third-order valence-corrected chi connectivity index (χ3v) is 16.4. The Morgan fingerprint density at radius 3 is 1.31 bits per heavy atom. The zero-order chi connectivity index (χ0) is 49.7. The Balaban J connectivity index is 0.858. The molecule has 2 aliphatic rings. The predicted octanol–water partition coefficient (Wildman–Crippen LogP) is 19.5. The minimum Gasteiger partial charge on any atom is -0.310 e. The molecule has 12 aromatic rings. The smallest absolute Gasteiger partial charge is 0.0619 e. The minimum atomic E-state index is -0.119. The number of rotatable bonds is 8. The van der Waals surface area contributed by atoms with Gasteiger partial charge in [0.25, 0.3) is 0 Å². The van der Waals surface area contributed by atoms with Gasteiger partial charge in [-0.15, -0.1) is 0 Å². The van der Waals surface area contributed by atoms with Gasteiger partial charge in [0.15, 0.2) is 0 Å². The van der Waals surface area contributed by atoms with Crippen LogP contribution in [0.2, 0.25) is 0 Å². The van der Waals surface area contributed by atoms with Crippen molar-refractivity contribution in [3.8, 4) is 72.4 Å². The minimum absolute atomic E-state index is 0.119. The Bertz CT molecular complexity index is 4050. The van der Waals surface area contributed by atoms with Crippen LogP contribution in [0.3, 0.4) is 0 Å². The van der Waals surface area contributed by atoms with Crippen LogP contribution in [0.5, 0.6) is 0 Å². The van der Waals surface area contributed by atoms with Crippen molar-refractivity contribution in [2.75, 3.05) is 4.90 Å². The molecule has 11 aromatic carbocycles. The molecule has 352 valence electrons. The topological polar surface area (TPSA) is 8.17 Å². The van der Waals surface area contributed by atoms with Gasteiger partial charge in [0.05, 0.1) is 16.7 Å². The van der Waals surface area contributed by atoms with E-state index >= 15 is 0 Å². The van der Waals surface area contributed by atoms with E-state index in [0.29, 0.717) is 0 Å². The van der Waals surface area contributed by atoms with Crippen molar-refractivity contribution in [3.05, 3.63) is 277 Å². The molecule has 2 aliphatic carbocycles. The molecule has 0 N–H and O–H groups in total. The zero-order valence-corrected chi connectivity index (χ0v) is 42.1. The highest BCUT2D eigenvalue weighted by Crippen LogP contribution is 2.53. The SMILES string of the molecule is CC1(C)c2ccccc2-c2ccc(N(c3ccc(-c4ccc(-c5ccccc5-n5c6cccc(-c7ccccc7)c6c6cccc(-c7ccccc7)c65)cc4)cc3)c3ccc4c(c3)C(C)(C)c3ccccc3-4)cc21. The highest BCUT2D eigenvalue weighted by atomic mass is 15.1. The Labute approximate surface area is 434 Å². The largest absolute Gasteiger partial charge is 0.310 e. The molecule has 1 heterocycles. The van der Waals surface area contributed by atoms with Crippen LogP contribution in [0.1, 0.15) is 49.9 Å². The van der Waals surface area contributed by atoms with Crippen LogP contribution in [0.15, 0.2) is 255 Å².